The van der Waals surface area contributed by atoms with Gasteiger partial charge in [-0.05, 0) is 6.42 Å². The number of aromatic amines is 1. The van der Waals surface area contributed by atoms with Crippen LogP contribution in [0, 0.1) is 0 Å². The van der Waals surface area contributed by atoms with Crippen molar-refractivity contribution < 1.29 is 0 Å². The van der Waals surface area contributed by atoms with E-state index in [1.807, 2.05) is 6.07 Å². The molecular weight excluding hydrogens is 226 g/mol. The van der Waals surface area contributed by atoms with Crippen LogP contribution in [0.4, 0.5) is 11.6 Å². The Balaban J connectivity index is 2.08. The van der Waals surface area contributed by atoms with Gasteiger partial charge in [-0.25, -0.2) is 9.97 Å². The van der Waals surface area contributed by atoms with Gasteiger partial charge in [0.25, 0.3) is 0 Å². The Bertz CT molecular complexity index is 468. The van der Waals surface area contributed by atoms with Gasteiger partial charge in [0.1, 0.15) is 17.3 Å². The molecule has 84 valence electrons. The molecule has 0 aromatic carbocycles. The smallest absolute Gasteiger partial charge is 0.153 e. The molecule has 0 saturated carbocycles. The second-order valence-corrected chi connectivity index (χ2v) is 3.77. The van der Waals surface area contributed by atoms with Gasteiger partial charge in [0, 0.05) is 17.8 Å². The highest BCUT2D eigenvalue weighted by atomic mass is 35.5. The molecule has 2 rings (SSSR count). The molecule has 0 aliphatic rings. The lowest BCUT2D eigenvalue weighted by atomic mass is 10.2. The van der Waals surface area contributed by atoms with E-state index in [1.54, 1.807) is 6.07 Å². The number of anilines is 2. The Hall–Kier alpha value is -1.62. The summed E-state index contributed by atoms with van der Waals surface area (Å²) >= 11 is 5.75. The summed E-state index contributed by atoms with van der Waals surface area (Å²) in [6.07, 6.45) is 3.48. The Kier molecular flexibility index (Phi) is 3.36. The fourth-order valence-corrected chi connectivity index (χ4v) is 1.50. The van der Waals surface area contributed by atoms with E-state index in [4.69, 9.17) is 11.6 Å². The van der Waals surface area contributed by atoms with Crippen LogP contribution < -0.4 is 5.32 Å². The molecule has 0 aliphatic heterocycles. The van der Waals surface area contributed by atoms with Crippen LogP contribution in [0.3, 0.4) is 0 Å². The second-order valence-electron chi connectivity index (χ2n) is 3.38. The van der Waals surface area contributed by atoms with Crippen LogP contribution >= 0.6 is 11.6 Å². The van der Waals surface area contributed by atoms with Crippen molar-refractivity contribution in [1.82, 2.24) is 20.2 Å². The average molecular weight is 238 g/mol. The molecule has 5 nitrogen and oxygen atoms in total. The Morgan fingerprint density at radius 2 is 2.19 bits per heavy atom. The lowest BCUT2D eigenvalue weighted by Crippen LogP contribution is -1.94. The number of nitrogens with one attached hydrogen (secondary N) is 2. The normalized spacial score (nSPS) is 10.4. The molecule has 0 atom stereocenters. The molecule has 2 N–H and O–H groups in total. The quantitative estimate of drug-likeness (QED) is 0.802. The van der Waals surface area contributed by atoms with Crippen molar-refractivity contribution in [1.29, 1.82) is 0 Å². The number of aromatic nitrogens is 4. The topological polar surface area (TPSA) is 66.5 Å². The van der Waals surface area contributed by atoms with E-state index in [9.17, 15) is 0 Å². The average Bonchev–Trinajstić information content (AvgIpc) is 2.66. The van der Waals surface area contributed by atoms with E-state index >= 15 is 0 Å². The monoisotopic (exact) mass is 237 g/mol. The second kappa shape index (κ2) is 4.94. The van der Waals surface area contributed by atoms with Gasteiger partial charge in [-0.15, -0.1) is 0 Å². The summed E-state index contributed by atoms with van der Waals surface area (Å²) in [5.74, 6) is 1.37. The summed E-state index contributed by atoms with van der Waals surface area (Å²) < 4.78 is 0. The standard InChI is InChI=1S/C10H12ClN5/c1-2-3-7-4-10(16-15-7)14-9-5-8(11)12-6-13-9/h4-6H,2-3H2,1H3,(H2,12,13,14,15,16). The summed E-state index contributed by atoms with van der Waals surface area (Å²) in [5, 5.41) is 10.5. The minimum Gasteiger partial charge on any atom is -0.323 e. The Labute approximate surface area is 98.3 Å². The third-order valence-corrected chi connectivity index (χ3v) is 2.25. The predicted molar refractivity (Wildman–Crippen MR) is 62.9 cm³/mol. The molecule has 0 aliphatic carbocycles. The molecule has 16 heavy (non-hydrogen) atoms. The largest absolute Gasteiger partial charge is 0.323 e. The molecule has 0 spiro atoms. The van der Waals surface area contributed by atoms with Crippen molar-refractivity contribution in [3.8, 4) is 0 Å². The summed E-state index contributed by atoms with van der Waals surface area (Å²) in [7, 11) is 0. The van der Waals surface area contributed by atoms with E-state index in [-0.39, 0.29) is 0 Å². The van der Waals surface area contributed by atoms with Gasteiger partial charge in [-0.1, -0.05) is 24.9 Å². The van der Waals surface area contributed by atoms with Gasteiger partial charge in [-0.3, -0.25) is 5.10 Å². The van der Waals surface area contributed by atoms with Gasteiger partial charge in [-0.2, -0.15) is 5.10 Å². The van der Waals surface area contributed by atoms with Crippen molar-refractivity contribution in [3.63, 3.8) is 0 Å². The van der Waals surface area contributed by atoms with E-state index in [0.717, 1.165) is 24.4 Å². The molecule has 0 bridgehead atoms. The first kappa shape index (κ1) is 10.9. The first-order valence-corrected chi connectivity index (χ1v) is 5.44. The molecule has 2 aromatic rings. The van der Waals surface area contributed by atoms with Gasteiger partial charge in [0.05, 0.1) is 0 Å². The maximum absolute atomic E-state index is 5.75. The zero-order chi connectivity index (χ0) is 11.4. The van der Waals surface area contributed by atoms with Crippen LogP contribution in [0.2, 0.25) is 5.15 Å². The fraction of sp³-hybridized carbons (Fsp3) is 0.300. The number of rotatable bonds is 4. The zero-order valence-electron chi connectivity index (χ0n) is 8.87. The predicted octanol–water partition coefficient (Wildman–Crippen LogP) is 2.55. The summed E-state index contributed by atoms with van der Waals surface area (Å²) in [5.41, 5.74) is 1.10. The fourth-order valence-electron chi connectivity index (χ4n) is 1.36. The van der Waals surface area contributed by atoms with Gasteiger partial charge in [0.15, 0.2) is 5.82 Å². The summed E-state index contributed by atoms with van der Waals surface area (Å²) in [6.45, 7) is 2.12. The summed E-state index contributed by atoms with van der Waals surface area (Å²) in [4.78, 5) is 7.83. The minimum atomic E-state index is 0.404. The first-order valence-electron chi connectivity index (χ1n) is 5.07. The molecule has 0 amide bonds. The lowest BCUT2D eigenvalue weighted by Gasteiger charge is -2.00. The van der Waals surface area contributed by atoms with E-state index in [2.05, 4.69) is 32.4 Å². The van der Waals surface area contributed by atoms with E-state index < -0.39 is 0 Å². The zero-order valence-corrected chi connectivity index (χ0v) is 9.62. The van der Waals surface area contributed by atoms with Crippen LogP contribution in [-0.2, 0) is 6.42 Å². The van der Waals surface area contributed by atoms with Gasteiger partial charge >= 0.3 is 0 Å². The number of H-pyrrole nitrogens is 1. The number of hydrogen-bond acceptors (Lipinski definition) is 4. The highest BCUT2D eigenvalue weighted by Crippen LogP contribution is 2.15. The van der Waals surface area contributed by atoms with Gasteiger partial charge in [0.2, 0.25) is 0 Å². The van der Waals surface area contributed by atoms with Crippen LogP contribution in [0.25, 0.3) is 0 Å². The lowest BCUT2D eigenvalue weighted by molar-refractivity contribution is 0.867. The number of halogens is 1. The molecule has 0 unspecified atom stereocenters. The van der Waals surface area contributed by atoms with Crippen molar-refractivity contribution in [2.45, 2.75) is 19.8 Å². The van der Waals surface area contributed by atoms with Crippen LogP contribution in [0.15, 0.2) is 18.5 Å². The maximum atomic E-state index is 5.75. The molecule has 0 saturated heterocycles. The van der Waals surface area contributed by atoms with Crippen molar-refractivity contribution in [2.75, 3.05) is 5.32 Å². The molecule has 6 heteroatoms. The number of aryl methyl sites for hydroxylation is 1. The van der Waals surface area contributed by atoms with Crippen LogP contribution in [0.1, 0.15) is 19.0 Å². The number of hydrogen-bond donors (Lipinski definition) is 2. The SMILES string of the molecule is CCCc1cc(Nc2cc(Cl)ncn2)n[nH]1. The minimum absolute atomic E-state index is 0.404. The highest BCUT2D eigenvalue weighted by Gasteiger charge is 2.02. The maximum Gasteiger partial charge on any atom is 0.153 e. The van der Waals surface area contributed by atoms with E-state index in [0.29, 0.717) is 11.0 Å². The Morgan fingerprint density at radius 1 is 1.31 bits per heavy atom. The molecule has 0 radical (unpaired) electrons. The summed E-state index contributed by atoms with van der Waals surface area (Å²) in [6, 6.07) is 3.61. The van der Waals surface area contributed by atoms with Crippen molar-refractivity contribution >= 4 is 23.2 Å². The number of nitrogens with zero attached hydrogens (tertiary/aromatic N) is 3. The van der Waals surface area contributed by atoms with Gasteiger partial charge < -0.3 is 5.32 Å². The van der Waals surface area contributed by atoms with Crippen LogP contribution in [-0.4, -0.2) is 20.2 Å². The third-order valence-electron chi connectivity index (χ3n) is 2.04. The first-order chi connectivity index (χ1) is 7.78. The molecule has 2 aromatic heterocycles. The molecule has 0 fully saturated rings. The third kappa shape index (κ3) is 2.70. The van der Waals surface area contributed by atoms with Crippen molar-refractivity contribution in [2.24, 2.45) is 0 Å². The van der Waals surface area contributed by atoms with E-state index in [1.165, 1.54) is 6.33 Å². The highest BCUT2D eigenvalue weighted by molar-refractivity contribution is 6.29. The Morgan fingerprint density at radius 3 is 2.94 bits per heavy atom. The molecule has 2 heterocycles. The molecular formula is C10H12ClN5. The van der Waals surface area contributed by atoms with Crippen LogP contribution in [0.5, 0.6) is 0 Å². The van der Waals surface area contributed by atoms with Crippen molar-refractivity contribution in [3.05, 3.63) is 29.3 Å².